The molecule has 16 heteroatoms. The summed E-state index contributed by atoms with van der Waals surface area (Å²) in [5.41, 5.74) is 8.86. The number of anilines is 1. The van der Waals surface area contributed by atoms with Crippen molar-refractivity contribution in [3.8, 4) is 22.4 Å². The van der Waals surface area contributed by atoms with Crippen molar-refractivity contribution in [2.24, 2.45) is 11.7 Å². The number of methoxy groups -OCH3 is 2. The molecule has 3 saturated heterocycles. The van der Waals surface area contributed by atoms with E-state index in [0.29, 0.717) is 50.3 Å². The van der Waals surface area contributed by atoms with Gasteiger partial charge >= 0.3 is 12.1 Å². The molecular formula is C46H54N8O8. The zero-order valence-corrected chi connectivity index (χ0v) is 35.5. The van der Waals surface area contributed by atoms with Crippen LogP contribution in [0.2, 0.25) is 0 Å². The Bertz CT molecular complexity index is 2280. The van der Waals surface area contributed by atoms with E-state index in [4.69, 9.17) is 15.2 Å². The van der Waals surface area contributed by atoms with Gasteiger partial charge in [0.2, 0.25) is 23.3 Å². The van der Waals surface area contributed by atoms with Crippen LogP contribution in [-0.2, 0) is 39.0 Å². The topological polar surface area (TPSA) is 209 Å². The highest BCUT2D eigenvalue weighted by molar-refractivity contribution is 6.09. The number of carbonyl (C=O) groups is 6. The second kappa shape index (κ2) is 18.6. The van der Waals surface area contributed by atoms with Crippen molar-refractivity contribution in [1.29, 1.82) is 0 Å². The number of likely N-dealkylation sites (tertiary alicyclic amines) is 3. The SMILES string of the molecule is COC(=O)NC(C(=O)N1CCCC1c1ncc(-c2ccc(-c3ccc(NC(=O)C4CCCN4C(=O)C4CCCN4C(=O)C(N)(C(=O)OC)c4ccccc4)cc3)cc2)[nH]1)C(C)C. The summed E-state index contributed by atoms with van der Waals surface area (Å²) in [6.07, 6.45) is 4.71. The van der Waals surface area contributed by atoms with Gasteiger partial charge in [-0.25, -0.2) is 14.6 Å². The molecule has 62 heavy (non-hydrogen) atoms. The molecule has 5 amide bonds. The average Bonchev–Trinajstić information content (AvgIpc) is 4.15. The Labute approximate surface area is 360 Å². The summed E-state index contributed by atoms with van der Waals surface area (Å²) in [7, 11) is 2.44. The van der Waals surface area contributed by atoms with Crippen LogP contribution in [0.4, 0.5) is 10.5 Å². The Morgan fingerprint density at radius 2 is 1.35 bits per heavy atom. The molecule has 5 atom stereocenters. The van der Waals surface area contributed by atoms with Gasteiger partial charge in [0.1, 0.15) is 23.9 Å². The highest BCUT2D eigenvalue weighted by Gasteiger charge is 2.52. The van der Waals surface area contributed by atoms with E-state index in [-0.39, 0.29) is 41.8 Å². The number of ether oxygens (including phenoxy) is 2. The summed E-state index contributed by atoms with van der Waals surface area (Å²) in [6.45, 7) is 4.93. The van der Waals surface area contributed by atoms with Crippen LogP contribution in [0, 0.1) is 5.92 Å². The molecule has 1 aromatic heterocycles. The number of imidazole rings is 1. The number of hydrogen-bond acceptors (Lipinski definition) is 10. The maximum absolute atomic E-state index is 14.1. The molecule has 3 aromatic carbocycles. The largest absolute Gasteiger partial charge is 0.467 e. The first kappa shape index (κ1) is 43.5. The van der Waals surface area contributed by atoms with Crippen molar-refractivity contribution in [1.82, 2.24) is 30.0 Å². The molecule has 3 aliphatic rings. The number of nitrogens with one attached hydrogen (secondary N) is 3. The summed E-state index contributed by atoms with van der Waals surface area (Å²) < 4.78 is 9.71. The first-order chi connectivity index (χ1) is 29.8. The first-order valence-corrected chi connectivity index (χ1v) is 21.1. The number of esters is 1. The number of aromatic nitrogens is 2. The second-order valence-electron chi connectivity index (χ2n) is 16.4. The third-order valence-corrected chi connectivity index (χ3v) is 12.2. The molecule has 0 aliphatic carbocycles. The smallest absolute Gasteiger partial charge is 0.407 e. The first-order valence-electron chi connectivity index (χ1n) is 21.1. The summed E-state index contributed by atoms with van der Waals surface area (Å²) in [5, 5.41) is 5.65. The van der Waals surface area contributed by atoms with E-state index in [2.05, 4.69) is 20.6 Å². The summed E-state index contributed by atoms with van der Waals surface area (Å²) in [5.74, 6) is -1.92. The molecule has 0 saturated carbocycles. The number of hydrogen-bond donors (Lipinski definition) is 4. The number of amides is 5. The molecule has 326 valence electrons. The third-order valence-electron chi connectivity index (χ3n) is 12.2. The third kappa shape index (κ3) is 8.64. The predicted molar refractivity (Wildman–Crippen MR) is 230 cm³/mol. The van der Waals surface area contributed by atoms with Crippen molar-refractivity contribution in [2.75, 3.05) is 39.2 Å². The molecule has 7 rings (SSSR count). The van der Waals surface area contributed by atoms with E-state index in [1.807, 2.05) is 62.4 Å². The van der Waals surface area contributed by atoms with Gasteiger partial charge in [-0.05, 0) is 78.8 Å². The van der Waals surface area contributed by atoms with Crippen LogP contribution < -0.4 is 16.4 Å². The molecule has 16 nitrogen and oxygen atoms in total. The molecule has 4 heterocycles. The van der Waals surface area contributed by atoms with Gasteiger partial charge in [0.15, 0.2) is 0 Å². The number of rotatable bonds is 12. The lowest BCUT2D eigenvalue weighted by molar-refractivity contribution is -0.159. The lowest BCUT2D eigenvalue weighted by Gasteiger charge is -2.35. The maximum Gasteiger partial charge on any atom is 0.407 e. The van der Waals surface area contributed by atoms with E-state index < -0.39 is 41.6 Å². The molecular weight excluding hydrogens is 793 g/mol. The predicted octanol–water partition coefficient (Wildman–Crippen LogP) is 4.74. The zero-order chi connectivity index (χ0) is 44.1. The van der Waals surface area contributed by atoms with Gasteiger partial charge in [-0.2, -0.15) is 0 Å². The molecule has 3 aliphatic heterocycles. The van der Waals surface area contributed by atoms with Crippen LogP contribution in [0.3, 0.4) is 0 Å². The van der Waals surface area contributed by atoms with Gasteiger partial charge < -0.3 is 45.5 Å². The summed E-state index contributed by atoms with van der Waals surface area (Å²) in [4.78, 5) is 93.1. The van der Waals surface area contributed by atoms with Gasteiger partial charge in [-0.3, -0.25) is 19.2 Å². The Kier molecular flexibility index (Phi) is 13.1. The standard InChI is InChI=1S/C46H54N8O8/c1-28(2)38(51-45(60)62-4)42(57)52-24-8-13-35(52)39-48-27-34(50-39)31-18-16-29(17-19-31)30-20-22-33(23-21-30)49-40(55)36-14-9-25-53(36)41(56)37-15-10-26-54(37)43(58)46(47,44(59)61-3)32-11-6-5-7-12-32/h5-7,11-12,16-23,27-28,35-38H,8-10,13-15,24-26,47H2,1-4H3,(H,48,50)(H,49,55)(H,51,60). The van der Waals surface area contributed by atoms with E-state index in [1.165, 1.54) is 19.1 Å². The molecule has 0 bridgehead atoms. The van der Waals surface area contributed by atoms with Gasteiger partial charge in [0.25, 0.3) is 5.91 Å². The van der Waals surface area contributed by atoms with Gasteiger partial charge in [-0.1, -0.05) is 80.6 Å². The monoisotopic (exact) mass is 846 g/mol. The minimum atomic E-state index is -2.13. The van der Waals surface area contributed by atoms with E-state index >= 15 is 0 Å². The molecule has 5 unspecified atom stereocenters. The van der Waals surface area contributed by atoms with Crippen LogP contribution >= 0.6 is 0 Å². The van der Waals surface area contributed by atoms with Crippen LogP contribution in [0.15, 0.2) is 85.1 Å². The van der Waals surface area contributed by atoms with Crippen molar-refractivity contribution >= 4 is 41.4 Å². The Morgan fingerprint density at radius 1 is 0.758 bits per heavy atom. The fourth-order valence-corrected chi connectivity index (χ4v) is 8.84. The highest BCUT2D eigenvalue weighted by Crippen LogP contribution is 2.34. The van der Waals surface area contributed by atoms with Crippen LogP contribution in [0.5, 0.6) is 0 Å². The number of H-pyrrole nitrogens is 1. The highest BCUT2D eigenvalue weighted by atomic mass is 16.5. The van der Waals surface area contributed by atoms with E-state index in [0.717, 1.165) is 35.2 Å². The minimum Gasteiger partial charge on any atom is -0.467 e. The summed E-state index contributed by atoms with van der Waals surface area (Å²) in [6, 6.07) is 21.1. The molecule has 0 spiro atoms. The maximum atomic E-state index is 14.1. The fourth-order valence-electron chi connectivity index (χ4n) is 8.84. The zero-order valence-electron chi connectivity index (χ0n) is 35.5. The Balaban J connectivity index is 0.973. The number of carbonyl (C=O) groups excluding carboxylic acids is 6. The molecule has 3 fully saturated rings. The Hall–Kier alpha value is -6.55. The number of nitrogens with two attached hydrogens (primary N) is 1. The van der Waals surface area contributed by atoms with E-state index in [1.54, 1.807) is 46.3 Å². The van der Waals surface area contributed by atoms with Crippen LogP contribution in [0.1, 0.15) is 69.8 Å². The molecule has 5 N–H and O–H groups in total. The van der Waals surface area contributed by atoms with Crippen molar-refractivity contribution in [2.45, 2.75) is 82.1 Å². The number of aromatic amines is 1. The van der Waals surface area contributed by atoms with Crippen LogP contribution in [-0.4, -0.2) is 112 Å². The van der Waals surface area contributed by atoms with Crippen molar-refractivity contribution < 1.29 is 38.2 Å². The van der Waals surface area contributed by atoms with Gasteiger partial charge in [0.05, 0.1) is 32.2 Å². The average molecular weight is 847 g/mol. The number of benzene rings is 3. The van der Waals surface area contributed by atoms with Crippen molar-refractivity contribution in [3.05, 3.63) is 96.4 Å². The minimum absolute atomic E-state index is 0.129. The lowest BCUT2D eigenvalue weighted by Crippen LogP contribution is -2.61. The van der Waals surface area contributed by atoms with Gasteiger partial charge in [0, 0.05) is 25.3 Å². The number of alkyl carbamates (subject to hydrolysis) is 1. The molecule has 4 aromatic rings. The molecule has 0 radical (unpaired) electrons. The Morgan fingerprint density at radius 3 is 2.00 bits per heavy atom. The second-order valence-corrected chi connectivity index (χ2v) is 16.4. The lowest BCUT2D eigenvalue weighted by atomic mass is 9.89. The fraction of sp³-hybridized carbons (Fsp3) is 0.413. The van der Waals surface area contributed by atoms with E-state index in [9.17, 15) is 28.8 Å². The number of nitrogens with zero attached hydrogens (tertiary/aromatic N) is 4. The van der Waals surface area contributed by atoms with Crippen molar-refractivity contribution in [3.63, 3.8) is 0 Å². The summed E-state index contributed by atoms with van der Waals surface area (Å²) >= 11 is 0. The normalized spacial score (nSPS) is 20.1. The quantitative estimate of drug-likeness (QED) is 0.114. The van der Waals surface area contributed by atoms with Crippen LogP contribution in [0.25, 0.3) is 22.4 Å². The van der Waals surface area contributed by atoms with Gasteiger partial charge in [-0.15, -0.1) is 0 Å².